The molecule has 0 spiro atoms. The molecular formula is C12H16ClN5O2S. The molecule has 0 aliphatic rings. The Balaban J connectivity index is 1.82. The number of rotatable bonds is 7. The zero-order chi connectivity index (χ0) is 15.3. The molecule has 0 saturated carbocycles. The van der Waals surface area contributed by atoms with Gasteiger partial charge in [-0.15, -0.1) is 0 Å². The highest BCUT2D eigenvalue weighted by atomic mass is 35.5. The van der Waals surface area contributed by atoms with Gasteiger partial charge in [-0.25, -0.2) is 23.1 Å². The molecule has 0 saturated heterocycles. The number of halogens is 1. The third-order valence-electron chi connectivity index (χ3n) is 2.85. The maximum Gasteiger partial charge on any atom is 0.242 e. The van der Waals surface area contributed by atoms with E-state index >= 15 is 0 Å². The second-order valence-electron chi connectivity index (χ2n) is 4.44. The van der Waals surface area contributed by atoms with Crippen LogP contribution in [0.25, 0.3) is 0 Å². The minimum Gasteiger partial charge on any atom is -0.382 e. The highest BCUT2D eigenvalue weighted by molar-refractivity contribution is 7.89. The molecule has 0 amide bonds. The first-order valence-electron chi connectivity index (χ1n) is 6.35. The molecule has 0 aliphatic carbocycles. The number of hydrogen-bond donors (Lipinski definition) is 2. The molecular weight excluding hydrogens is 314 g/mol. The van der Waals surface area contributed by atoms with Gasteiger partial charge in [-0.3, -0.25) is 0 Å². The average molecular weight is 330 g/mol. The van der Waals surface area contributed by atoms with Crippen molar-refractivity contribution >= 4 is 27.4 Å². The van der Waals surface area contributed by atoms with E-state index in [1.165, 1.54) is 12.3 Å². The number of sulfonamides is 1. The van der Waals surface area contributed by atoms with Gasteiger partial charge in [0.05, 0.1) is 11.3 Å². The summed E-state index contributed by atoms with van der Waals surface area (Å²) in [5.74, 6) is 0.107. The van der Waals surface area contributed by atoms with Crippen LogP contribution >= 0.6 is 11.6 Å². The van der Waals surface area contributed by atoms with Crippen LogP contribution in [0.3, 0.4) is 0 Å². The number of pyridine rings is 1. The van der Waals surface area contributed by atoms with Gasteiger partial charge in [-0.2, -0.15) is 0 Å². The van der Waals surface area contributed by atoms with E-state index in [1.54, 1.807) is 12.5 Å². The van der Waals surface area contributed by atoms with Crippen LogP contribution < -0.4 is 10.5 Å². The Labute approximate surface area is 128 Å². The highest BCUT2D eigenvalue weighted by Gasteiger charge is 2.15. The van der Waals surface area contributed by atoms with Gasteiger partial charge in [-0.1, -0.05) is 11.6 Å². The maximum absolute atomic E-state index is 12.0. The van der Waals surface area contributed by atoms with Crippen LogP contribution in [0.4, 0.5) is 5.82 Å². The molecule has 2 rings (SSSR count). The first-order valence-corrected chi connectivity index (χ1v) is 8.21. The number of nitrogens with one attached hydrogen (secondary N) is 1. The van der Waals surface area contributed by atoms with Crippen LogP contribution in [0, 0.1) is 0 Å². The number of nitrogens with two attached hydrogens (primary N) is 1. The van der Waals surface area contributed by atoms with E-state index in [9.17, 15) is 8.42 Å². The summed E-state index contributed by atoms with van der Waals surface area (Å²) in [6.45, 7) is 1.15. The summed E-state index contributed by atoms with van der Waals surface area (Å²) in [6, 6.07) is 1.29. The molecule has 2 aromatic heterocycles. The number of imidazole rings is 1. The van der Waals surface area contributed by atoms with Crippen molar-refractivity contribution in [1.82, 2.24) is 19.3 Å². The van der Waals surface area contributed by atoms with Gasteiger partial charge in [0.1, 0.15) is 10.7 Å². The van der Waals surface area contributed by atoms with Gasteiger partial charge in [0.25, 0.3) is 0 Å². The van der Waals surface area contributed by atoms with Crippen molar-refractivity contribution < 1.29 is 8.42 Å². The summed E-state index contributed by atoms with van der Waals surface area (Å²) >= 11 is 5.77. The van der Waals surface area contributed by atoms with E-state index in [0.717, 1.165) is 13.0 Å². The number of aromatic nitrogens is 3. The third-order valence-corrected chi connectivity index (χ3v) is 4.58. The van der Waals surface area contributed by atoms with Gasteiger partial charge < -0.3 is 10.3 Å². The van der Waals surface area contributed by atoms with Crippen molar-refractivity contribution in [3.63, 3.8) is 0 Å². The van der Waals surface area contributed by atoms with Crippen LogP contribution in [-0.4, -0.2) is 29.5 Å². The lowest BCUT2D eigenvalue weighted by Crippen LogP contribution is -2.25. The van der Waals surface area contributed by atoms with E-state index in [4.69, 9.17) is 17.3 Å². The van der Waals surface area contributed by atoms with Gasteiger partial charge in [0.15, 0.2) is 0 Å². The molecule has 0 unspecified atom stereocenters. The summed E-state index contributed by atoms with van der Waals surface area (Å²) in [6.07, 6.45) is 8.06. The fraction of sp³-hybridized carbons (Fsp3) is 0.333. The lowest BCUT2D eigenvalue weighted by atomic mass is 10.3. The normalized spacial score (nSPS) is 11.7. The van der Waals surface area contributed by atoms with Gasteiger partial charge in [0.2, 0.25) is 10.0 Å². The molecule has 0 aromatic carbocycles. The molecule has 0 radical (unpaired) electrons. The standard InChI is InChI=1S/C12H16ClN5O2S/c13-11-7-10(8-16-12(11)14)21(19,20)17-3-1-2-5-18-6-4-15-9-18/h4,6-9,17H,1-3,5H2,(H2,14,16). The van der Waals surface area contributed by atoms with Crippen LogP contribution in [0.15, 0.2) is 35.9 Å². The van der Waals surface area contributed by atoms with Crippen molar-refractivity contribution in [3.05, 3.63) is 36.0 Å². The summed E-state index contributed by atoms with van der Waals surface area (Å²) in [7, 11) is -3.61. The van der Waals surface area contributed by atoms with E-state index in [1.807, 2.05) is 10.8 Å². The summed E-state index contributed by atoms with van der Waals surface area (Å²) in [5, 5.41) is 0.123. The van der Waals surface area contributed by atoms with Crippen LogP contribution in [-0.2, 0) is 16.6 Å². The fourth-order valence-corrected chi connectivity index (χ4v) is 2.98. The van der Waals surface area contributed by atoms with Crippen LogP contribution in [0.1, 0.15) is 12.8 Å². The topological polar surface area (TPSA) is 103 Å². The van der Waals surface area contributed by atoms with Crippen LogP contribution in [0.2, 0.25) is 5.02 Å². The van der Waals surface area contributed by atoms with Crippen molar-refractivity contribution in [2.75, 3.05) is 12.3 Å². The number of unbranched alkanes of at least 4 members (excludes halogenated alkanes) is 1. The Hall–Kier alpha value is -1.64. The molecule has 3 N–H and O–H groups in total. The second-order valence-corrected chi connectivity index (χ2v) is 6.62. The smallest absolute Gasteiger partial charge is 0.242 e. The Morgan fingerprint density at radius 2 is 2.19 bits per heavy atom. The lowest BCUT2D eigenvalue weighted by molar-refractivity contribution is 0.566. The quantitative estimate of drug-likeness (QED) is 0.745. The number of nitrogens with zero attached hydrogens (tertiary/aromatic N) is 3. The van der Waals surface area contributed by atoms with E-state index in [-0.39, 0.29) is 15.7 Å². The predicted octanol–water partition coefficient (Wildman–Crippen LogP) is 1.27. The summed E-state index contributed by atoms with van der Waals surface area (Å²) in [5.41, 5.74) is 5.45. The van der Waals surface area contributed by atoms with Crippen molar-refractivity contribution in [2.45, 2.75) is 24.3 Å². The lowest BCUT2D eigenvalue weighted by Gasteiger charge is -2.07. The number of nitrogen functional groups attached to an aromatic ring is 1. The fourth-order valence-electron chi connectivity index (χ4n) is 1.71. The van der Waals surface area contributed by atoms with Gasteiger partial charge >= 0.3 is 0 Å². The SMILES string of the molecule is Nc1ncc(S(=O)(=O)NCCCCn2ccnc2)cc1Cl. The van der Waals surface area contributed by atoms with E-state index in [0.29, 0.717) is 13.0 Å². The maximum atomic E-state index is 12.0. The van der Waals surface area contributed by atoms with Crippen LogP contribution in [0.5, 0.6) is 0 Å². The van der Waals surface area contributed by atoms with E-state index in [2.05, 4.69) is 14.7 Å². The molecule has 114 valence electrons. The first-order chi connectivity index (χ1) is 9.99. The molecule has 2 aromatic rings. The Kier molecular flexibility index (Phi) is 5.16. The summed E-state index contributed by atoms with van der Waals surface area (Å²) < 4.78 is 28.5. The largest absolute Gasteiger partial charge is 0.382 e. The molecule has 21 heavy (non-hydrogen) atoms. The third kappa shape index (κ3) is 4.42. The molecule has 0 atom stereocenters. The molecule has 9 heteroatoms. The second kappa shape index (κ2) is 6.88. The zero-order valence-corrected chi connectivity index (χ0v) is 12.8. The number of anilines is 1. The highest BCUT2D eigenvalue weighted by Crippen LogP contribution is 2.19. The minimum absolute atomic E-state index is 0.0105. The Morgan fingerprint density at radius 1 is 1.38 bits per heavy atom. The number of hydrogen-bond acceptors (Lipinski definition) is 5. The van der Waals surface area contributed by atoms with Gasteiger partial charge in [-0.05, 0) is 18.9 Å². The first kappa shape index (κ1) is 15.7. The minimum atomic E-state index is -3.61. The monoisotopic (exact) mass is 329 g/mol. The molecule has 7 nitrogen and oxygen atoms in total. The van der Waals surface area contributed by atoms with E-state index < -0.39 is 10.0 Å². The average Bonchev–Trinajstić information content (AvgIpc) is 2.94. The Bertz CT molecular complexity index is 688. The molecule has 2 heterocycles. The Morgan fingerprint density at radius 3 is 2.86 bits per heavy atom. The van der Waals surface area contributed by atoms with Crippen molar-refractivity contribution in [3.8, 4) is 0 Å². The van der Waals surface area contributed by atoms with Gasteiger partial charge in [0, 0.05) is 31.7 Å². The molecule has 0 fully saturated rings. The molecule has 0 aliphatic heterocycles. The zero-order valence-electron chi connectivity index (χ0n) is 11.2. The number of aryl methyl sites for hydroxylation is 1. The van der Waals surface area contributed by atoms with Crippen molar-refractivity contribution in [2.24, 2.45) is 0 Å². The predicted molar refractivity (Wildman–Crippen MR) is 80.3 cm³/mol. The molecule has 0 bridgehead atoms. The summed E-state index contributed by atoms with van der Waals surface area (Å²) in [4.78, 5) is 7.69. The van der Waals surface area contributed by atoms with Crippen molar-refractivity contribution in [1.29, 1.82) is 0 Å².